The number of benzene rings is 2. The number of ether oxygens (including phenoxy) is 2. The van der Waals surface area contributed by atoms with Gasteiger partial charge in [-0.2, -0.15) is 15.4 Å². The number of carbonyl (C=O) groups is 1. The van der Waals surface area contributed by atoms with E-state index in [0.717, 1.165) is 5.56 Å². The average molecular weight is 356 g/mol. The fraction of sp³-hybridized carbons (Fsp3) is 0.167. The first-order valence-electron chi connectivity index (χ1n) is 7.78. The third kappa shape index (κ3) is 3.49. The van der Waals surface area contributed by atoms with Crippen LogP contribution < -0.4 is 14.8 Å². The lowest BCUT2D eigenvalue weighted by atomic mass is 10.1. The van der Waals surface area contributed by atoms with Crippen molar-refractivity contribution in [1.29, 1.82) is 0 Å². The normalized spacial score (nSPS) is 10.4. The summed E-state index contributed by atoms with van der Waals surface area (Å²) < 4.78 is 23.7. The maximum Gasteiger partial charge on any atom is 0.274 e. The first kappa shape index (κ1) is 17.4. The van der Waals surface area contributed by atoms with Crippen LogP contribution >= 0.6 is 0 Å². The number of nitrogens with zero attached hydrogens (tertiary/aromatic N) is 2. The van der Waals surface area contributed by atoms with Gasteiger partial charge in [0, 0.05) is 17.7 Å². The number of rotatable bonds is 6. The summed E-state index contributed by atoms with van der Waals surface area (Å²) in [6.45, 7) is 0.217. The Balaban J connectivity index is 1.78. The van der Waals surface area contributed by atoms with Gasteiger partial charge in [0.15, 0.2) is 17.2 Å². The van der Waals surface area contributed by atoms with Gasteiger partial charge in [-0.3, -0.25) is 4.79 Å². The van der Waals surface area contributed by atoms with Crippen molar-refractivity contribution in [2.75, 3.05) is 14.2 Å². The molecule has 134 valence electrons. The van der Waals surface area contributed by atoms with E-state index in [4.69, 9.17) is 9.47 Å². The molecule has 1 amide bonds. The number of aromatic amines is 1. The molecule has 0 unspecified atom stereocenters. The number of H-pyrrole nitrogens is 1. The van der Waals surface area contributed by atoms with Crippen molar-refractivity contribution < 1.29 is 18.7 Å². The predicted octanol–water partition coefficient (Wildman–Crippen LogP) is 2.56. The molecule has 1 aromatic heterocycles. The minimum atomic E-state index is -0.414. The molecule has 3 rings (SSSR count). The van der Waals surface area contributed by atoms with Crippen molar-refractivity contribution in [2.24, 2.45) is 0 Å². The standard InChI is InChI=1S/C18H17FN4O3/c1-25-14-5-3-4-12(17(14)26-2)10-20-18(24)16-15(21-23-22-16)11-6-8-13(19)9-7-11/h3-9H,10H2,1-2H3,(H,20,24)(H,21,22,23). The summed E-state index contributed by atoms with van der Waals surface area (Å²) in [6, 6.07) is 11.1. The number of carbonyl (C=O) groups excluding carboxylic acids is 1. The molecule has 7 nitrogen and oxygen atoms in total. The maximum absolute atomic E-state index is 13.1. The third-order valence-corrected chi connectivity index (χ3v) is 3.80. The van der Waals surface area contributed by atoms with Crippen LogP contribution in [0.4, 0.5) is 4.39 Å². The van der Waals surface area contributed by atoms with Crippen molar-refractivity contribution in [3.8, 4) is 22.8 Å². The highest BCUT2D eigenvalue weighted by atomic mass is 19.1. The van der Waals surface area contributed by atoms with Gasteiger partial charge in [0.1, 0.15) is 11.5 Å². The van der Waals surface area contributed by atoms with Gasteiger partial charge in [0.25, 0.3) is 5.91 Å². The molecule has 26 heavy (non-hydrogen) atoms. The van der Waals surface area contributed by atoms with Gasteiger partial charge in [-0.05, 0) is 30.3 Å². The third-order valence-electron chi connectivity index (χ3n) is 3.80. The number of nitrogens with one attached hydrogen (secondary N) is 2. The molecule has 0 atom stereocenters. The smallest absolute Gasteiger partial charge is 0.274 e. The molecule has 8 heteroatoms. The fourth-order valence-electron chi connectivity index (χ4n) is 2.55. The second-order valence-electron chi connectivity index (χ2n) is 5.36. The van der Waals surface area contributed by atoms with Crippen LogP contribution in [0.5, 0.6) is 11.5 Å². The Kier molecular flexibility index (Phi) is 5.12. The Hall–Kier alpha value is -3.42. The summed E-state index contributed by atoms with van der Waals surface area (Å²) in [4.78, 5) is 12.5. The lowest BCUT2D eigenvalue weighted by molar-refractivity contribution is 0.0946. The van der Waals surface area contributed by atoms with Crippen molar-refractivity contribution in [2.45, 2.75) is 6.54 Å². The summed E-state index contributed by atoms with van der Waals surface area (Å²) in [6.07, 6.45) is 0. The van der Waals surface area contributed by atoms with Gasteiger partial charge in [-0.1, -0.05) is 12.1 Å². The number of methoxy groups -OCH3 is 2. The van der Waals surface area contributed by atoms with Crippen LogP contribution in [0.3, 0.4) is 0 Å². The first-order valence-corrected chi connectivity index (χ1v) is 7.78. The zero-order valence-corrected chi connectivity index (χ0v) is 14.2. The fourth-order valence-corrected chi connectivity index (χ4v) is 2.55. The monoisotopic (exact) mass is 356 g/mol. The second-order valence-corrected chi connectivity index (χ2v) is 5.36. The number of hydrogen-bond donors (Lipinski definition) is 2. The van der Waals surface area contributed by atoms with Gasteiger partial charge >= 0.3 is 0 Å². The van der Waals surface area contributed by atoms with Crippen LogP contribution in [0.1, 0.15) is 16.1 Å². The van der Waals surface area contributed by atoms with Crippen molar-refractivity contribution >= 4 is 5.91 Å². The SMILES string of the molecule is COc1cccc(CNC(=O)c2n[nH]nc2-c2ccc(F)cc2)c1OC. The van der Waals surface area contributed by atoms with Crippen molar-refractivity contribution in [3.05, 3.63) is 59.5 Å². The summed E-state index contributed by atoms with van der Waals surface area (Å²) >= 11 is 0. The zero-order chi connectivity index (χ0) is 18.5. The molecule has 0 aliphatic rings. The van der Waals surface area contributed by atoms with E-state index in [1.807, 2.05) is 12.1 Å². The zero-order valence-electron chi connectivity index (χ0n) is 14.2. The number of amides is 1. The van der Waals surface area contributed by atoms with Crippen LogP contribution in [0.25, 0.3) is 11.3 Å². The quantitative estimate of drug-likeness (QED) is 0.709. The van der Waals surface area contributed by atoms with Gasteiger partial charge in [-0.25, -0.2) is 4.39 Å². The topological polar surface area (TPSA) is 89.1 Å². The number of halogens is 1. The Labute approximate surface area is 149 Å². The lowest BCUT2D eigenvalue weighted by Gasteiger charge is -2.13. The minimum absolute atomic E-state index is 0.124. The van der Waals surface area contributed by atoms with Crippen molar-refractivity contribution in [1.82, 2.24) is 20.7 Å². The molecule has 2 N–H and O–H groups in total. The average Bonchev–Trinajstić information content (AvgIpc) is 3.16. The molecule has 0 saturated carbocycles. The molecule has 3 aromatic rings. The van der Waals surface area contributed by atoms with E-state index in [1.54, 1.807) is 13.2 Å². The number of hydrogen-bond acceptors (Lipinski definition) is 5. The minimum Gasteiger partial charge on any atom is -0.493 e. The van der Waals surface area contributed by atoms with Crippen LogP contribution in [0.15, 0.2) is 42.5 Å². The predicted molar refractivity (Wildman–Crippen MR) is 92.5 cm³/mol. The largest absolute Gasteiger partial charge is 0.493 e. The molecule has 2 aromatic carbocycles. The molecular formula is C18H17FN4O3. The molecule has 0 bridgehead atoms. The molecule has 0 aliphatic carbocycles. The Morgan fingerprint density at radius 2 is 1.88 bits per heavy atom. The van der Waals surface area contributed by atoms with E-state index in [9.17, 15) is 9.18 Å². The van der Waals surface area contributed by atoms with E-state index in [2.05, 4.69) is 20.7 Å². The van der Waals surface area contributed by atoms with E-state index in [-0.39, 0.29) is 18.1 Å². The summed E-state index contributed by atoms with van der Waals surface area (Å²) in [5.74, 6) is 0.346. The van der Waals surface area contributed by atoms with Gasteiger partial charge < -0.3 is 14.8 Å². The second kappa shape index (κ2) is 7.64. The van der Waals surface area contributed by atoms with Crippen LogP contribution in [0, 0.1) is 5.82 Å². The highest BCUT2D eigenvalue weighted by Gasteiger charge is 2.19. The molecular weight excluding hydrogens is 339 g/mol. The molecule has 0 saturated heterocycles. The molecule has 1 heterocycles. The first-order chi connectivity index (χ1) is 12.6. The van der Waals surface area contributed by atoms with Gasteiger partial charge in [0.2, 0.25) is 0 Å². The highest BCUT2D eigenvalue weighted by Crippen LogP contribution is 2.30. The maximum atomic E-state index is 13.1. The number of para-hydroxylation sites is 1. The number of aromatic nitrogens is 3. The van der Waals surface area contributed by atoms with Crippen LogP contribution in [-0.4, -0.2) is 35.5 Å². The van der Waals surface area contributed by atoms with Crippen LogP contribution in [0.2, 0.25) is 0 Å². The molecule has 0 fully saturated rings. The van der Waals surface area contributed by atoms with Gasteiger partial charge in [0.05, 0.1) is 14.2 Å². The Morgan fingerprint density at radius 1 is 1.12 bits per heavy atom. The molecule has 0 radical (unpaired) electrons. The summed E-state index contributed by atoms with van der Waals surface area (Å²) in [5, 5.41) is 13.1. The van der Waals surface area contributed by atoms with E-state index in [0.29, 0.717) is 22.8 Å². The van der Waals surface area contributed by atoms with E-state index >= 15 is 0 Å². The van der Waals surface area contributed by atoms with Crippen LogP contribution in [-0.2, 0) is 6.54 Å². The highest BCUT2D eigenvalue weighted by molar-refractivity contribution is 5.97. The Morgan fingerprint density at radius 3 is 2.58 bits per heavy atom. The summed E-state index contributed by atoms with van der Waals surface area (Å²) in [7, 11) is 3.08. The van der Waals surface area contributed by atoms with E-state index in [1.165, 1.54) is 31.4 Å². The van der Waals surface area contributed by atoms with E-state index < -0.39 is 5.91 Å². The Bertz CT molecular complexity index is 909. The molecule has 0 aliphatic heterocycles. The van der Waals surface area contributed by atoms with Gasteiger partial charge in [-0.15, -0.1) is 0 Å². The summed E-state index contributed by atoms with van der Waals surface area (Å²) in [5.41, 5.74) is 1.81. The van der Waals surface area contributed by atoms with Crippen molar-refractivity contribution in [3.63, 3.8) is 0 Å². The molecule has 0 spiro atoms. The lowest BCUT2D eigenvalue weighted by Crippen LogP contribution is -2.24.